The Morgan fingerprint density at radius 1 is 0.800 bits per heavy atom. The molecule has 0 amide bonds. The van der Waals surface area contributed by atoms with Crippen LogP contribution in [0.1, 0.15) is 66.0 Å². The third-order valence-corrected chi connectivity index (χ3v) is 8.39. The largest absolute Gasteiger partial charge is 0.497 e. The molecule has 0 aromatic heterocycles. The quantitative estimate of drug-likeness (QED) is 0.305. The number of benzene rings is 4. The molecule has 2 aliphatic carbocycles. The van der Waals surface area contributed by atoms with Crippen LogP contribution >= 0.6 is 0 Å². The van der Waals surface area contributed by atoms with Gasteiger partial charge in [-0.05, 0) is 53.1 Å². The summed E-state index contributed by atoms with van der Waals surface area (Å²) in [5.41, 5.74) is 0.961. The van der Waals surface area contributed by atoms with E-state index in [9.17, 15) is 19.5 Å². The Balaban J connectivity index is 1.56. The number of fused-ring (bicyclic) bond motifs is 5. The van der Waals surface area contributed by atoms with Crippen LogP contribution < -0.4 is 9.47 Å². The summed E-state index contributed by atoms with van der Waals surface area (Å²) in [5, 5.41) is 12.3. The standard InChI is InChI=1S/C34H28O6/c1-39-21-17-15-20(16-18-21)28(35)19-26-22-9-5-7-13-27(22)34(38)31(23-10-3-4-11-24(23)33(34)37)30(26)32(36)25-12-6-8-14-29(25)40-2/h3-18,26,30-31,38H,19H2,1-2H3/t26-,30+,31-,34-/m0/s1. The summed E-state index contributed by atoms with van der Waals surface area (Å²) >= 11 is 0. The van der Waals surface area contributed by atoms with E-state index in [1.54, 1.807) is 92.0 Å². The molecule has 0 saturated carbocycles. The Morgan fingerprint density at radius 2 is 1.45 bits per heavy atom. The molecule has 0 radical (unpaired) electrons. The average molecular weight is 533 g/mol. The van der Waals surface area contributed by atoms with Crippen molar-refractivity contribution in [3.05, 3.63) is 130 Å². The van der Waals surface area contributed by atoms with Crippen LogP contribution in [0.15, 0.2) is 97.1 Å². The van der Waals surface area contributed by atoms with Crippen molar-refractivity contribution >= 4 is 17.3 Å². The summed E-state index contributed by atoms with van der Waals surface area (Å²) in [6, 6.07) is 28.0. The van der Waals surface area contributed by atoms with Gasteiger partial charge in [-0.2, -0.15) is 0 Å². The summed E-state index contributed by atoms with van der Waals surface area (Å²) in [4.78, 5) is 42.2. The molecule has 0 heterocycles. The fourth-order valence-corrected chi connectivity index (χ4v) is 6.58. The zero-order valence-electron chi connectivity index (χ0n) is 22.2. The maximum absolute atomic E-state index is 14.6. The van der Waals surface area contributed by atoms with Gasteiger partial charge in [0.25, 0.3) is 0 Å². The lowest BCUT2D eigenvalue weighted by Gasteiger charge is -2.45. The first-order valence-electron chi connectivity index (χ1n) is 13.2. The minimum Gasteiger partial charge on any atom is -0.497 e. The van der Waals surface area contributed by atoms with Gasteiger partial charge in [-0.3, -0.25) is 14.4 Å². The van der Waals surface area contributed by atoms with Crippen molar-refractivity contribution in [3.63, 3.8) is 0 Å². The van der Waals surface area contributed by atoms with Gasteiger partial charge in [0, 0.05) is 35.3 Å². The summed E-state index contributed by atoms with van der Waals surface area (Å²) in [6.45, 7) is 0. The second-order valence-corrected chi connectivity index (χ2v) is 10.3. The molecule has 0 bridgehead atoms. The number of rotatable bonds is 7. The summed E-state index contributed by atoms with van der Waals surface area (Å²) in [6.07, 6.45) is 0.0117. The van der Waals surface area contributed by atoms with Gasteiger partial charge in [-0.1, -0.05) is 60.7 Å². The minimum absolute atomic E-state index is 0.0117. The number of hydrogen-bond acceptors (Lipinski definition) is 6. The predicted octanol–water partition coefficient (Wildman–Crippen LogP) is 5.74. The maximum atomic E-state index is 14.6. The van der Waals surface area contributed by atoms with E-state index in [2.05, 4.69) is 0 Å². The van der Waals surface area contributed by atoms with Gasteiger partial charge < -0.3 is 14.6 Å². The third kappa shape index (κ3) is 3.79. The fourth-order valence-electron chi connectivity index (χ4n) is 6.58. The summed E-state index contributed by atoms with van der Waals surface area (Å²) in [5.74, 6) is -2.23. The molecule has 0 fully saturated rings. The van der Waals surface area contributed by atoms with E-state index in [4.69, 9.17) is 9.47 Å². The molecule has 0 saturated heterocycles. The van der Waals surface area contributed by atoms with Gasteiger partial charge in [0.05, 0.1) is 19.8 Å². The average Bonchev–Trinajstić information content (AvgIpc) is 3.24. The SMILES string of the molecule is COc1ccc(C(=O)C[C@H]2c3ccccc3[C@@]3(O)C(=O)c4ccccc4[C@H]3[C@@H]2C(=O)c2ccccc2OC)cc1. The van der Waals surface area contributed by atoms with Gasteiger partial charge in [-0.25, -0.2) is 0 Å². The zero-order chi connectivity index (χ0) is 28.0. The lowest BCUT2D eigenvalue weighted by atomic mass is 9.58. The highest BCUT2D eigenvalue weighted by atomic mass is 16.5. The van der Waals surface area contributed by atoms with Crippen molar-refractivity contribution in [1.82, 2.24) is 0 Å². The highest BCUT2D eigenvalue weighted by Gasteiger charge is 2.62. The molecule has 40 heavy (non-hydrogen) atoms. The molecular formula is C34H28O6. The van der Waals surface area contributed by atoms with Gasteiger partial charge in [0.15, 0.2) is 23.0 Å². The molecule has 4 atom stereocenters. The van der Waals surface area contributed by atoms with Crippen molar-refractivity contribution in [3.8, 4) is 11.5 Å². The zero-order valence-corrected chi connectivity index (χ0v) is 22.2. The first-order chi connectivity index (χ1) is 19.4. The monoisotopic (exact) mass is 532 g/mol. The summed E-state index contributed by atoms with van der Waals surface area (Å²) < 4.78 is 10.8. The number of aliphatic hydroxyl groups is 1. The van der Waals surface area contributed by atoms with Crippen molar-refractivity contribution < 1.29 is 29.0 Å². The van der Waals surface area contributed by atoms with E-state index in [0.29, 0.717) is 44.9 Å². The normalized spacial score (nSPS) is 22.6. The molecule has 2 aliphatic rings. The minimum atomic E-state index is -1.94. The third-order valence-electron chi connectivity index (χ3n) is 8.39. The maximum Gasteiger partial charge on any atom is 0.199 e. The Morgan fingerprint density at radius 3 is 2.17 bits per heavy atom. The van der Waals surface area contributed by atoms with Crippen molar-refractivity contribution in [1.29, 1.82) is 0 Å². The molecule has 6 rings (SSSR count). The lowest BCUT2D eigenvalue weighted by molar-refractivity contribution is -0.00163. The Bertz CT molecular complexity index is 1640. The molecule has 4 aromatic rings. The van der Waals surface area contributed by atoms with Gasteiger partial charge >= 0.3 is 0 Å². The van der Waals surface area contributed by atoms with E-state index in [1.807, 2.05) is 12.1 Å². The first-order valence-corrected chi connectivity index (χ1v) is 13.2. The van der Waals surface area contributed by atoms with E-state index in [0.717, 1.165) is 0 Å². The van der Waals surface area contributed by atoms with Gasteiger partial charge in [0.1, 0.15) is 11.5 Å². The number of carbonyl (C=O) groups is 3. The molecule has 6 nitrogen and oxygen atoms in total. The van der Waals surface area contributed by atoms with Crippen molar-refractivity contribution in [2.75, 3.05) is 14.2 Å². The number of carbonyl (C=O) groups excluding carboxylic acids is 3. The number of hydrogen-bond donors (Lipinski definition) is 1. The lowest BCUT2D eigenvalue weighted by Crippen LogP contribution is -2.48. The van der Waals surface area contributed by atoms with Crippen molar-refractivity contribution in [2.24, 2.45) is 5.92 Å². The van der Waals surface area contributed by atoms with Crippen LogP contribution in [-0.4, -0.2) is 36.7 Å². The summed E-state index contributed by atoms with van der Waals surface area (Å²) in [7, 11) is 3.06. The fraction of sp³-hybridized carbons (Fsp3) is 0.206. The number of ketones is 3. The van der Waals surface area contributed by atoms with Crippen LogP contribution in [0.25, 0.3) is 0 Å². The van der Waals surface area contributed by atoms with E-state index in [1.165, 1.54) is 7.11 Å². The van der Waals surface area contributed by atoms with Crippen LogP contribution in [0.5, 0.6) is 11.5 Å². The number of ether oxygens (including phenoxy) is 2. The van der Waals surface area contributed by atoms with Crippen LogP contribution in [-0.2, 0) is 5.60 Å². The Hall–Kier alpha value is -4.55. The van der Waals surface area contributed by atoms with Crippen LogP contribution in [0, 0.1) is 5.92 Å². The second-order valence-electron chi connectivity index (χ2n) is 10.3. The van der Waals surface area contributed by atoms with Gasteiger partial charge in [0.2, 0.25) is 0 Å². The molecule has 0 aliphatic heterocycles. The molecule has 200 valence electrons. The van der Waals surface area contributed by atoms with Crippen LogP contribution in [0.2, 0.25) is 0 Å². The molecule has 4 aromatic carbocycles. The second kappa shape index (κ2) is 9.88. The smallest absolute Gasteiger partial charge is 0.199 e. The number of para-hydroxylation sites is 1. The predicted molar refractivity (Wildman–Crippen MR) is 149 cm³/mol. The molecule has 0 spiro atoms. The van der Waals surface area contributed by atoms with E-state index in [-0.39, 0.29) is 18.0 Å². The van der Waals surface area contributed by atoms with Crippen molar-refractivity contribution in [2.45, 2.75) is 23.9 Å². The highest BCUT2D eigenvalue weighted by Crippen LogP contribution is 2.60. The molecule has 0 unspecified atom stereocenters. The van der Waals surface area contributed by atoms with E-state index >= 15 is 0 Å². The first kappa shape index (κ1) is 25.7. The molecular weight excluding hydrogens is 504 g/mol. The number of Topliss-reactive ketones (excluding diaryl/α,β-unsaturated/α-hetero) is 3. The molecule has 6 heteroatoms. The highest BCUT2D eigenvalue weighted by molar-refractivity contribution is 6.11. The number of methoxy groups -OCH3 is 2. The van der Waals surface area contributed by atoms with Crippen LogP contribution in [0.4, 0.5) is 0 Å². The Kier molecular flexibility index (Phi) is 6.35. The van der Waals surface area contributed by atoms with E-state index < -0.39 is 29.1 Å². The van der Waals surface area contributed by atoms with Gasteiger partial charge in [-0.15, -0.1) is 0 Å². The topological polar surface area (TPSA) is 89.9 Å². The van der Waals surface area contributed by atoms with Crippen LogP contribution in [0.3, 0.4) is 0 Å². The Labute approximate surface area is 232 Å². The molecule has 1 N–H and O–H groups in total.